The summed E-state index contributed by atoms with van der Waals surface area (Å²) in [6.45, 7) is 3.86. The van der Waals surface area contributed by atoms with Crippen molar-refractivity contribution in [2.45, 2.75) is 13.8 Å². The third-order valence-corrected chi connectivity index (χ3v) is 2.01. The highest BCUT2D eigenvalue weighted by atomic mass is 16.5. The Morgan fingerprint density at radius 2 is 2.07 bits per heavy atom. The molecule has 0 aromatic heterocycles. The van der Waals surface area contributed by atoms with E-state index in [0.717, 1.165) is 0 Å². The van der Waals surface area contributed by atoms with Gasteiger partial charge in [0.1, 0.15) is 0 Å². The first-order valence-corrected chi connectivity index (χ1v) is 4.71. The third kappa shape index (κ3) is 2.40. The third-order valence-electron chi connectivity index (χ3n) is 2.01. The average Bonchev–Trinajstić information content (AvgIpc) is 2.18. The van der Waals surface area contributed by atoms with E-state index in [9.17, 15) is 4.79 Å². The van der Waals surface area contributed by atoms with Crippen LogP contribution in [0.2, 0.25) is 0 Å². The topological polar surface area (TPSA) is 61.5 Å². The Bertz CT molecular complexity index is 374. The van der Waals surface area contributed by atoms with Gasteiger partial charge in [0.25, 0.3) is 0 Å². The van der Waals surface area contributed by atoms with Gasteiger partial charge in [-0.2, -0.15) is 0 Å². The van der Waals surface area contributed by atoms with Crippen molar-refractivity contribution in [1.82, 2.24) is 0 Å². The van der Waals surface area contributed by atoms with Crippen LogP contribution in [-0.2, 0) is 0 Å². The van der Waals surface area contributed by atoms with Crippen LogP contribution in [0.5, 0.6) is 11.5 Å². The number of Topliss-reactive ketones (excluding diaryl/α,β-unsaturated/α-hetero) is 1. The molecule has 0 amide bonds. The minimum Gasteiger partial charge on any atom is -0.493 e. The molecule has 1 aromatic rings. The number of anilines is 1. The number of hydrogen-bond acceptors (Lipinski definition) is 4. The first-order valence-electron chi connectivity index (χ1n) is 4.71. The molecule has 2 N–H and O–H groups in total. The maximum Gasteiger partial charge on any atom is 0.163 e. The Morgan fingerprint density at radius 3 is 2.53 bits per heavy atom. The van der Waals surface area contributed by atoms with E-state index in [1.165, 1.54) is 14.0 Å². The number of benzene rings is 1. The zero-order valence-corrected chi connectivity index (χ0v) is 9.16. The van der Waals surface area contributed by atoms with E-state index in [1.807, 2.05) is 6.92 Å². The van der Waals surface area contributed by atoms with Crippen molar-refractivity contribution >= 4 is 11.5 Å². The van der Waals surface area contributed by atoms with E-state index in [1.54, 1.807) is 12.1 Å². The number of nitrogen functional groups attached to an aromatic ring is 1. The number of nitrogens with two attached hydrogens (primary N) is 1. The molecule has 0 radical (unpaired) electrons. The summed E-state index contributed by atoms with van der Waals surface area (Å²) in [4.78, 5) is 11.2. The molecule has 0 unspecified atom stereocenters. The lowest BCUT2D eigenvalue weighted by Crippen LogP contribution is -2.03. The lowest BCUT2D eigenvalue weighted by Gasteiger charge is -2.12. The predicted molar refractivity (Wildman–Crippen MR) is 58.6 cm³/mol. The lowest BCUT2D eigenvalue weighted by molar-refractivity contribution is 0.101. The molecule has 0 atom stereocenters. The number of carbonyl (C=O) groups is 1. The van der Waals surface area contributed by atoms with Crippen LogP contribution in [0.3, 0.4) is 0 Å². The Morgan fingerprint density at radius 1 is 1.40 bits per heavy atom. The zero-order chi connectivity index (χ0) is 11.4. The van der Waals surface area contributed by atoms with E-state index in [2.05, 4.69) is 0 Å². The number of methoxy groups -OCH3 is 1. The van der Waals surface area contributed by atoms with Gasteiger partial charge < -0.3 is 15.2 Å². The minimum absolute atomic E-state index is 0.0890. The van der Waals surface area contributed by atoms with Crippen LogP contribution in [0.4, 0.5) is 5.69 Å². The normalized spacial score (nSPS) is 9.80. The Kier molecular flexibility index (Phi) is 3.55. The molecule has 0 aliphatic carbocycles. The number of ketones is 1. The van der Waals surface area contributed by atoms with Gasteiger partial charge in [0.05, 0.1) is 13.7 Å². The molecule has 1 aromatic carbocycles. The first kappa shape index (κ1) is 11.4. The highest BCUT2D eigenvalue weighted by Crippen LogP contribution is 2.32. The van der Waals surface area contributed by atoms with Crippen LogP contribution >= 0.6 is 0 Å². The van der Waals surface area contributed by atoms with Crippen molar-refractivity contribution < 1.29 is 14.3 Å². The molecule has 82 valence electrons. The first-order chi connectivity index (χ1) is 7.10. The van der Waals surface area contributed by atoms with Crippen molar-refractivity contribution in [3.05, 3.63) is 17.7 Å². The smallest absolute Gasteiger partial charge is 0.163 e. The van der Waals surface area contributed by atoms with Crippen LogP contribution in [0.25, 0.3) is 0 Å². The summed E-state index contributed by atoms with van der Waals surface area (Å²) < 4.78 is 10.4. The summed E-state index contributed by atoms with van der Waals surface area (Å²) in [6.07, 6.45) is 0. The molecular formula is C11H15NO3. The second-order valence-corrected chi connectivity index (χ2v) is 3.08. The fraction of sp³-hybridized carbons (Fsp3) is 0.364. The highest BCUT2D eigenvalue weighted by molar-refractivity contribution is 5.99. The number of rotatable bonds is 4. The van der Waals surface area contributed by atoms with Gasteiger partial charge in [0.2, 0.25) is 0 Å². The van der Waals surface area contributed by atoms with Crippen molar-refractivity contribution in [3.63, 3.8) is 0 Å². The number of ether oxygens (including phenoxy) is 2. The molecule has 4 heteroatoms. The molecule has 0 saturated heterocycles. The van der Waals surface area contributed by atoms with E-state index in [4.69, 9.17) is 15.2 Å². The van der Waals surface area contributed by atoms with Crippen LogP contribution in [0.1, 0.15) is 24.2 Å². The van der Waals surface area contributed by atoms with Crippen molar-refractivity contribution in [3.8, 4) is 11.5 Å². The molecule has 0 bridgehead atoms. The molecule has 0 aliphatic rings. The quantitative estimate of drug-likeness (QED) is 0.607. The molecule has 0 spiro atoms. The van der Waals surface area contributed by atoms with Crippen molar-refractivity contribution in [2.24, 2.45) is 0 Å². The van der Waals surface area contributed by atoms with E-state index >= 15 is 0 Å². The molecule has 0 heterocycles. The maximum absolute atomic E-state index is 11.2. The van der Waals surface area contributed by atoms with Gasteiger partial charge in [-0.3, -0.25) is 4.79 Å². The fourth-order valence-corrected chi connectivity index (χ4v) is 1.31. The molecule has 15 heavy (non-hydrogen) atoms. The Labute approximate surface area is 89.0 Å². The van der Waals surface area contributed by atoms with Gasteiger partial charge in [-0.1, -0.05) is 0 Å². The highest BCUT2D eigenvalue weighted by Gasteiger charge is 2.12. The van der Waals surface area contributed by atoms with Crippen LogP contribution in [0, 0.1) is 0 Å². The van der Waals surface area contributed by atoms with Gasteiger partial charge in [-0.15, -0.1) is 0 Å². The van der Waals surface area contributed by atoms with Crippen molar-refractivity contribution in [2.75, 3.05) is 19.5 Å². The molecular weight excluding hydrogens is 194 g/mol. The summed E-state index contributed by atoms with van der Waals surface area (Å²) in [7, 11) is 1.53. The molecule has 1 rings (SSSR count). The molecule has 0 aliphatic heterocycles. The standard InChI is InChI=1S/C11H15NO3/c1-4-15-11-6-9(12)8(7(2)13)5-10(11)14-3/h5-6H,4,12H2,1-3H3. The van der Waals surface area contributed by atoms with Crippen LogP contribution < -0.4 is 15.2 Å². The number of hydrogen-bond donors (Lipinski definition) is 1. The van der Waals surface area contributed by atoms with Gasteiger partial charge in [0, 0.05) is 17.3 Å². The summed E-state index contributed by atoms with van der Waals surface area (Å²) in [5.41, 5.74) is 6.58. The fourth-order valence-electron chi connectivity index (χ4n) is 1.31. The van der Waals surface area contributed by atoms with E-state index < -0.39 is 0 Å². The Hall–Kier alpha value is -1.71. The second kappa shape index (κ2) is 4.68. The molecule has 4 nitrogen and oxygen atoms in total. The van der Waals surface area contributed by atoms with Crippen molar-refractivity contribution in [1.29, 1.82) is 0 Å². The lowest BCUT2D eigenvalue weighted by atomic mass is 10.1. The second-order valence-electron chi connectivity index (χ2n) is 3.08. The summed E-state index contributed by atoms with van der Waals surface area (Å²) in [5, 5.41) is 0. The number of carbonyl (C=O) groups excluding carboxylic acids is 1. The summed E-state index contributed by atoms with van der Waals surface area (Å²) >= 11 is 0. The minimum atomic E-state index is -0.0890. The van der Waals surface area contributed by atoms with Gasteiger partial charge >= 0.3 is 0 Å². The van der Waals surface area contributed by atoms with Gasteiger partial charge in [0.15, 0.2) is 17.3 Å². The molecule has 0 fully saturated rings. The summed E-state index contributed by atoms with van der Waals surface area (Å²) in [6, 6.07) is 3.21. The van der Waals surface area contributed by atoms with E-state index in [0.29, 0.717) is 29.4 Å². The van der Waals surface area contributed by atoms with Gasteiger partial charge in [-0.25, -0.2) is 0 Å². The van der Waals surface area contributed by atoms with Crippen LogP contribution in [0.15, 0.2) is 12.1 Å². The van der Waals surface area contributed by atoms with E-state index in [-0.39, 0.29) is 5.78 Å². The summed E-state index contributed by atoms with van der Waals surface area (Å²) in [5.74, 6) is 0.993. The maximum atomic E-state index is 11.2. The van der Waals surface area contributed by atoms with Crippen LogP contribution in [-0.4, -0.2) is 19.5 Å². The zero-order valence-electron chi connectivity index (χ0n) is 9.16. The molecule has 0 saturated carbocycles. The monoisotopic (exact) mass is 209 g/mol. The average molecular weight is 209 g/mol. The van der Waals surface area contributed by atoms with Gasteiger partial charge in [-0.05, 0) is 19.9 Å². The SMILES string of the molecule is CCOc1cc(N)c(C(C)=O)cc1OC. The largest absolute Gasteiger partial charge is 0.493 e. The Balaban J connectivity index is 3.22. The predicted octanol–water partition coefficient (Wildman–Crippen LogP) is 1.88.